The molecule has 166 valence electrons. The molecule has 0 spiro atoms. The molecule has 1 saturated heterocycles. The van der Waals surface area contributed by atoms with Crippen LogP contribution in [0.5, 0.6) is 0 Å². The van der Waals surface area contributed by atoms with Crippen LogP contribution in [0.1, 0.15) is 5.69 Å². The van der Waals surface area contributed by atoms with Crippen molar-refractivity contribution in [1.29, 1.82) is 0 Å². The summed E-state index contributed by atoms with van der Waals surface area (Å²) in [5.41, 5.74) is 6.04. The zero-order valence-corrected chi connectivity index (χ0v) is 18.3. The van der Waals surface area contributed by atoms with E-state index in [0.717, 1.165) is 16.2 Å². The van der Waals surface area contributed by atoms with E-state index in [4.69, 9.17) is 10.6 Å². The number of carboxylic acids is 1. The number of nitrogens with zero attached hydrogens (tertiary/aromatic N) is 5. The van der Waals surface area contributed by atoms with E-state index in [9.17, 15) is 19.5 Å². The molecule has 1 fully saturated rings. The van der Waals surface area contributed by atoms with Crippen molar-refractivity contribution in [3.63, 3.8) is 0 Å². The second-order valence-electron chi connectivity index (χ2n) is 6.71. The van der Waals surface area contributed by atoms with Gasteiger partial charge in [0.25, 0.3) is 11.8 Å². The minimum Gasteiger partial charge on any atom is -0.543 e. The highest BCUT2D eigenvalue weighted by molar-refractivity contribution is 8.00. The van der Waals surface area contributed by atoms with Crippen LogP contribution in [0.15, 0.2) is 46.6 Å². The molecule has 2 atom stereocenters. The fraction of sp³-hybridized carbons (Fsp3) is 0.278. The average Bonchev–Trinajstić information content (AvgIpc) is 3.21. The highest BCUT2D eigenvalue weighted by Gasteiger charge is 2.53. The van der Waals surface area contributed by atoms with Gasteiger partial charge < -0.3 is 25.8 Å². The summed E-state index contributed by atoms with van der Waals surface area (Å²) >= 11 is 2.47. The number of β-lactam (4-membered cyclic amide) rings is 1. The van der Waals surface area contributed by atoms with Gasteiger partial charge in [-0.15, -0.1) is 23.1 Å². The number of nitrogens with two attached hydrogens (primary N) is 1. The van der Waals surface area contributed by atoms with Crippen LogP contribution in [0.4, 0.5) is 5.13 Å². The van der Waals surface area contributed by atoms with E-state index < -0.39 is 29.2 Å². The van der Waals surface area contributed by atoms with E-state index in [1.54, 1.807) is 29.4 Å². The van der Waals surface area contributed by atoms with Crippen LogP contribution in [0.3, 0.4) is 0 Å². The quantitative estimate of drug-likeness (QED) is 0.197. The Balaban J connectivity index is 1.53. The zero-order chi connectivity index (χ0) is 22.8. The first kappa shape index (κ1) is 21.7. The molecule has 12 nitrogen and oxygen atoms in total. The lowest BCUT2D eigenvalue weighted by Gasteiger charge is -2.50. The van der Waals surface area contributed by atoms with Crippen LogP contribution >= 0.6 is 23.1 Å². The number of thioether (sulfide) groups is 1. The number of hydrogen-bond donors (Lipinski definition) is 2. The summed E-state index contributed by atoms with van der Waals surface area (Å²) in [5.74, 6) is -2.34. The van der Waals surface area contributed by atoms with Gasteiger partial charge in [-0.2, -0.15) is 4.57 Å². The van der Waals surface area contributed by atoms with Crippen LogP contribution in [-0.2, 0) is 25.8 Å². The maximum Gasteiger partial charge on any atom is 0.276 e. The molecule has 2 aromatic rings. The predicted molar refractivity (Wildman–Crippen MR) is 112 cm³/mol. The summed E-state index contributed by atoms with van der Waals surface area (Å²) < 4.78 is 1.75. The standard InChI is InChI=1S/C18H17N7O5S2/c1-30-23-11(10-8-32-18(19)21-10)14(26)22-12-15(27)25-13(17(28)29)9(7-31-16(12)25)6-24-4-2-20-3-5-24/h2-5,8,12,16H,6-7H2,1H3,(H3-,19,21,22,26,28,29)/t12?,16-/m0/s1. The van der Waals surface area contributed by atoms with Crippen LogP contribution in [0, 0.1) is 0 Å². The number of fused-ring (bicyclic) bond motifs is 1. The second-order valence-corrected chi connectivity index (χ2v) is 8.71. The molecule has 2 aliphatic heterocycles. The van der Waals surface area contributed by atoms with Gasteiger partial charge in [0, 0.05) is 16.7 Å². The number of aliphatic carboxylic acids is 1. The van der Waals surface area contributed by atoms with E-state index in [1.165, 1.54) is 24.3 Å². The number of aromatic nitrogens is 3. The number of thiazole rings is 1. The Kier molecular flexibility index (Phi) is 6.05. The lowest BCUT2D eigenvalue weighted by molar-refractivity contribution is -0.689. The van der Waals surface area contributed by atoms with Crippen LogP contribution in [0.2, 0.25) is 0 Å². The third-order valence-corrected chi connectivity index (χ3v) is 6.76. The monoisotopic (exact) mass is 475 g/mol. The third kappa shape index (κ3) is 4.01. The van der Waals surface area contributed by atoms with Crippen molar-refractivity contribution in [3.8, 4) is 0 Å². The highest BCUT2D eigenvalue weighted by Crippen LogP contribution is 2.40. The van der Waals surface area contributed by atoms with Crippen molar-refractivity contribution in [2.75, 3.05) is 18.6 Å². The number of carbonyl (C=O) groups is 3. The van der Waals surface area contributed by atoms with Gasteiger partial charge >= 0.3 is 0 Å². The molecule has 0 radical (unpaired) electrons. The number of nitrogens with one attached hydrogen (secondary N) is 1. The van der Waals surface area contributed by atoms with Crippen molar-refractivity contribution in [2.45, 2.75) is 18.0 Å². The first-order valence-electron chi connectivity index (χ1n) is 9.21. The Hall–Kier alpha value is -3.52. The number of nitrogen functional groups attached to an aromatic ring is 1. The minimum absolute atomic E-state index is 0.141. The zero-order valence-electron chi connectivity index (χ0n) is 16.6. The topological polar surface area (TPSA) is 167 Å². The summed E-state index contributed by atoms with van der Waals surface area (Å²) in [6.45, 7) is 0.266. The lowest BCUT2D eigenvalue weighted by atomic mass is 10.0. The van der Waals surface area contributed by atoms with E-state index in [1.807, 2.05) is 0 Å². The molecule has 0 saturated carbocycles. The van der Waals surface area contributed by atoms with Crippen LogP contribution in [-0.4, -0.2) is 62.6 Å². The first-order chi connectivity index (χ1) is 15.4. The van der Waals surface area contributed by atoms with Gasteiger partial charge in [-0.05, 0) is 0 Å². The predicted octanol–water partition coefficient (Wildman–Crippen LogP) is -2.14. The number of anilines is 1. The molecule has 14 heteroatoms. The van der Waals surface area contributed by atoms with Gasteiger partial charge in [-0.3, -0.25) is 19.5 Å². The van der Waals surface area contributed by atoms with Gasteiger partial charge in [0.1, 0.15) is 24.2 Å². The maximum atomic E-state index is 12.8. The molecule has 2 aliphatic rings. The molecule has 3 N–H and O–H groups in total. The van der Waals surface area contributed by atoms with E-state index in [2.05, 4.69) is 20.4 Å². The SMILES string of the molecule is CON=C(C(=O)NC1C(=O)N2C(C(=O)[O-])=C(C[n+]3ccncc3)CS[C@@H]12)c1csc(N)n1. The van der Waals surface area contributed by atoms with Crippen molar-refractivity contribution in [3.05, 3.63) is 47.1 Å². The Morgan fingerprint density at radius 3 is 2.81 bits per heavy atom. The minimum atomic E-state index is -1.45. The van der Waals surface area contributed by atoms with Crippen molar-refractivity contribution in [1.82, 2.24) is 20.2 Å². The van der Waals surface area contributed by atoms with E-state index >= 15 is 0 Å². The third-order valence-electron chi connectivity index (χ3n) is 4.75. The molecule has 0 aromatic carbocycles. The van der Waals surface area contributed by atoms with E-state index in [0.29, 0.717) is 11.3 Å². The Morgan fingerprint density at radius 2 is 2.19 bits per heavy atom. The molecule has 32 heavy (non-hydrogen) atoms. The number of rotatable bonds is 7. The summed E-state index contributed by atoms with van der Waals surface area (Å²) in [6, 6.07) is -0.935. The van der Waals surface area contributed by atoms with Crippen LogP contribution in [0.25, 0.3) is 0 Å². The summed E-state index contributed by atoms with van der Waals surface area (Å²) in [6.07, 6.45) is 6.54. The molecule has 4 heterocycles. The molecule has 1 unspecified atom stereocenters. The van der Waals surface area contributed by atoms with Crippen molar-refractivity contribution >= 4 is 51.7 Å². The lowest BCUT2D eigenvalue weighted by Crippen LogP contribution is -2.71. The molecule has 2 amide bonds. The molecule has 0 bridgehead atoms. The van der Waals surface area contributed by atoms with Gasteiger partial charge in [0.2, 0.25) is 0 Å². The van der Waals surface area contributed by atoms with Gasteiger partial charge in [-0.1, -0.05) is 5.16 Å². The summed E-state index contributed by atoms with van der Waals surface area (Å²) in [4.78, 5) is 51.3. The molecule has 2 aromatic heterocycles. The van der Waals surface area contributed by atoms with Gasteiger partial charge in [0.15, 0.2) is 29.8 Å². The summed E-state index contributed by atoms with van der Waals surface area (Å²) in [5, 5.41) is 19.3. The second kappa shape index (κ2) is 8.92. The van der Waals surface area contributed by atoms with Crippen LogP contribution < -0.4 is 20.7 Å². The smallest absolute Gasteiger partial charge is 0.276 e. The fourth-order valence-corrected chi connectivity index (χ4v) is 5.25. The highest BCUT2D eigenvalue weighted by atomic mass is 32.2. The number of amides is 2. The number of carboxylic acid groups (broad SMARTS) is 1. The number of carbonyl (C=O) groups excluding carboxylic acids is 3. The molecule has 0 aliphatic carbocycles. The van der Waals surface area contributed by atoms with E-state index in [-0.39, 0.29) is 28.8 Å². The largest absolute Gasteiger partial charge is 0.543 e. The first-order valence-corrected chi connectivity index (χ1v) is 11.1. The number of hydrogen-bond acceptors (Lipinski definition) is 11. The van der Waals surface area contributed by atoms with Gasteiger partial charge in [0.05, 0.1) is 24.1 Å². The fourth-order valence-electron chi connectivity index (χ4n) is 3.37. The maximum absolute atomic E-state index is 12.8. The Morgan fingerprint density at radius 1 is 1.44 bits per heavy atom. The Labute approximate surface area is 189 Å². The van der Waals surface area contributed by atoms with Crippen molar-refractivity contribution in [2.24, 2.45) is 5.16 Å². The molecular formula is C18H17N7O5S2. The summed E-state index contributed by atoms with van der Waals surface area (Å²) in [7, 11) is 1.27. The molecule has 4 rings (SSSR count). The van der Waals surface area contributed by atoms with Gasteiger partial charge in [-0.25, -0.2) is 4.98 Å². The number of oxime groups is 1. The molecular weight excluding hydrogens is 458 g/mol. The Bertz CT molecular complexity index is 1130. The normalized spacial score (nSPS) is 20.5. The average molecular weight is 476 g/mol. The van der Waals surface area contributed by atoms with Crippen molar-refractivity contribution < 1.29 is 28.9 Å².